The highest BCUT2D eigenvalue weighted by molar-refractivity contribution is 5.67. The summed E-state index contributed by atoms with van der Waals surface area (Å²) >= 11 is 0. The van der Waals surface area contributed by atoms with Gasteiger partial charge in [-0.05, 0) is 50.5 Å². The second-order valence-electron chi connectivity index (χ2n) is 4.54. The Morgan fingerprint density at radius 2 is 1.72 bits per heavy atom. The molecule has 2 rings (SSSR count). The quantitative estimate of drug-likeness (QED) is 0.627. The minimum absolute atomic E-state index is 0.447. The zero-order valence-corrected chi connectivity index (χ0v) is 11.2. The second kappa shape index (κ2) is 4.74. The zero-order valence-electron chi connectivity index (χ0n) is 11.2. The van der Waals surface area contributed by atoms with Gasteiger partial charge in [0.2, 0.25) is 5.95 Å². The molecule has 0 atom stereocenters. The number of nitrogens with two attached hydrogens (primary N) is 1. The number of nitrogens with zero attached hydrogens (tertiary/aromatic N) is 2. The van der Waals surface area contributed by atoms with E-state index in [9.17, 15) is 0 Å². The molecule has 0 amide bonds. The van der Waals surface area contributed by atoms with Gasteiger partial charge in [-0.2, -0.15) is 0 Å². The van der Waals surface area contributed by atoms with E-state index in [-0.39, 0.29) is 0 Å². The van der Waals surface area contributed by atoms with Gasteiger partial charge in [0.05, 0.1) is 5.69 Å². The molecular weight excluding hydrogens is 224 g/mol. The number of rotatable bonds is 2. The van der Waals surface area contributed by atoms with E-state index in [1.807, 2.05) is 13.0 Å². The van der Waals surface area contributed by atoms with Crippen LogP contribution in [0.5, 0.6) is 0 Å². The summed E-state index contributed by atoms with van der Waals surface area (Å²) in [6, 6.07) is 6.18. The molecular formula is C14H18N4. The van der Waals surface area contributed by atoms with Crippen molar-refractivity contribution >= 4 is 5.95 Å². The molecule has 0 bridgehead atoms. The van der Waals surface area contributed by atoms with Gasteiger partial charge in [0.25, 0.3) is 0 Å². The van der Waals surface area contributed by atoms with Gasteiger partial charge in [0, 0.05) is 11.3 Å². The molecule has 1 heterocycles. The number of aryl methyl sites for hydroxylation is 2. The Balaban J connectivity index is 2.62. The zero-order chi connectivity index (χ0) is 13.3. The summed E-state index contributed by atoms with van der Waals surface area (Å²) in [6.07, 6.45) is 0. The smallest absolute Gasteiger partial charge is 0.237 e. The minimum Gasteiger partial charge on any atom is -0.292 e. The van der Waals surface area contributed by atoms with Gasteiger partial charge < -0.3 is 0 Å². The van der Waals surface area contributed by atoms with E-state index in [0.29, 0.717) is 5.95 Å². The molecule has 0 aliphatic rings. The molecule has 0 aliphatic carbocycles. The highest BCUT2D eigenvalue weighted by Gasteiger charge is 2.09. The maximum atomic E-state index is 5.38. The number of nitrogen functional groups attached to an aromatic ring is 1. The maximum absolute atomic E-state index is 5.38. The van der Waals surface area contributed by atoms with Crippen LogP contribution in [0.25, 0.3) is 11.3 Å². The maximum Gasteiger partial charge on any atom is 0.237 e. The SMILES string of the molecule is Cc1cc(-c2ccc(C)c(C)c2C)nc(NN)n1. The van der Waals surface area contributed by atoms with Crippen molar-refractivity contribution in [3.63, 3.8) is 0 Å². The number of nitrogens with one attached hydrogen (secondary N) is 1. The molecule has 3 N–H and O–H groups in total. The fraction of sp³-hybridized carbons (Fsp3) is 0.286. The van der Waals surface area contributed by atoms with Crippen molar-refractivity contribution < 1.29 is 0 Å². The summed E-state index contributed by atoms with van der Waals surface area (Å²) in [5, 5.41) is 0. The number of benzene rings is 1. The molecule has 1 aromatic heterocycles. The van der Waals surface area contributed by atoms with E-state index >= 15 is 0 Å². The standard InChI is InChI=1S/C14H18N4/c1-8-5-6-12(11(4)10(8)3)13-7-9(2)16-14(17-13)18-15/h5-7H,15H2,1-4H3,(H,16,17,18). The summed E-state index contributed by atoms with van der Waals surface area (Å²) in [5.41, 5.74) is 9.25. The predicted octanol–water partition coefficient (Wildman–Crippen LogP) is 2.66. The summed E-state index contributed by atoms with van der Waals surface area (Å²) in [7, 11) is 0. The first-order valence-corrected chi connectivity index (χ1v) is 5.92. The predicted molar refractivity (Wildman–Crippen MR) is 74.2 cm³/mol. The molecule has 0 spiro atoms. The van der Waals surface area contributed by atoms with Gasteiger partial charge in [0.15, 0.2) is 0 Å². The number of hydrogen-bond donors (Lipinski definition) is 2. The van der Waals surface area contributed by atoms with Crippen molar-refractivity contribution in [3.8, 4) is 11.3 Å². The van der Waals surface area contributed by atoms with Crippen LogP contribution in [-0.2, 0) is 0 Å². The third-order valence-corrected chi connectivity index (χ3v) is 3.32. The molecule has 18 heavy (non-hydrogen) atoms. The Kier molecular flexibility index (Phi) is 3.30. The highest BCUT2D eigenvalue weighted by atomic mass is 15.3. The number of hydrazine groups is 1. The molecule has 2 aromatic rings. The van der Waals surface area contributed by atoms with Crippen LogP contribution < -0.4 is 11.3 Å². The van der Waals surface area contributed by atoms with Crippen LogP contribution in [0.2, 0.25) is 0 Å². The molecule has 0 saturated carbocycles. The third kappa shape index (κ3) is 2.19. The first kappa shape index (κ1) is 12.5. The molecule has 0 aliphatic heterocycles. The average molecular weight is 242 g/mol. The van der Waals surface area contributed by atoms with Gasteiger partial charge in [-0.15, -0.1) is 0 Å². The molecule has 0 saturated heterocycles. The lowest BCUT2D eigenvalue weighted by Crippen LogP contribution is -2.11. The Bertz CT molecular complexity index is 591. The molecule has 0 radical (unpaired) electrons. The molecule has 0 fully saturated rings. The van der Waals surface area contributed by atoms with E-state index in [1.165, 1.54) is 16.7 Å². The monoisotopic (exact) mass is 242 g/mol. The van der Waals surface area contributed by atoms with Crippen molar-refractivity contribution in [1.82, 2.24) is 9.97 Å². The lowest BCUT2D eigenvalue weighted by atomic mass is 9.97. The molecule has 0 unspecified atom stereocenters. The summed E-state index contributed by atoms with van der Waals surface area (Å²) in [5.74, 6) is 5.83. The van der Waals surface area contributed by atoms with Crippen molar-refractivity contribution in [2.75, 3.05) is 5.43 Å². The van der Waals surface area contributed by atoms with E-state index in [1.54, 1.807) is 0 Å². The van der Waals surface area contributed by atoms with Crippen LogP contribution in [0.1, 0.15) is 22.4 Å². The van der Waals surface area contributed by atoms with Crippen molar-refractivity contribution in [1.29, 1.82) is 0 Å². The Labute approximate surface area is 107 Å². The van der Waals surface area contributed by atoms with E-state index in [0.717, 1.165) is 17.0 Å². The van der Waals surface area contributed by atoms with E-state index in [4.69, 9.17) is 5.84 Å². The van der Waals surface area contributed by atoms with Crippen LogP contribution in [0.4, 0.5) is 5.95 Å². The first-order chi connectivity index (χ1) is 8.52. The van der Waals surface area contributed by atoms with Crippen LogP contribution in [-0.4, -0.2) is 9.97 Å². The fourth-order valence-electron chi connectivity index (χ4n) is 2.00. The second-order valence-corrected chi connectivity index (χ2v) is 4.54. The fourth-order valence-corrected chi connectivity index (χ4v) is 2.00. The van der Waals surface area contributed by atoms with Crippen LogP contribution in [0.3, 0.4) is 0 Å². The molecule has 4 heteroatoms. The molecule has 1 aromatic carbocycles. The van der Waals surface area contributed by atoms with Gasteiger partial charge in [-0.3, -0.25) is 5.43 Å². The van der Waals surface area contributed by atoms with Crippen LogP contribution >= 0.6 is 0 Å². The van der Waals surface area contributed by atoms with Crippen molar-refractivity contribution in [3.05, 3.63) is 40.6 Å². The van der Waals surface area contributed by atoms with Gasteiger partial charge in [-0.25, -0.2) is 15.8 Å². The summed E-state index contributed by atoms with van der Waals surface area (Å²) in [6.45, 7) is 8.29. The van der Waals surface area contributed by atoms with Crippen molar-refractivity contribution in [2.24, 2.45) is 5.84 Å². The third-order valence-electron chi connectivity index (χ3n) is 3.32. The van der Waals surface area contributed by atoms with Crippen LogP contribution in [0.15, 0.2) is 18.2 Å². The summed E-state index contributed by atoms with van der Waals surface area (Å²) < 4.78 is 0. The topological polar surface area (TPSA) is 63.8 Å². The van der Waals surface area contributed by atoms with Gasteiger partial charge >= 0.3 is 0 Å². The lowest BCUT2D eigenvalue weighted by molar-refractivity contribution is 1.07. The van der Waals surface area contributed by atoms with Gasteiger partial charge in [-0.1, -0.05) is 12.1 Å². The van der Waals surface area contributed by atoms with Crippen molar-refractivity contribution in [2.45, 2.75) is 27.7 Å². The van der Waals surface area contributed by atoms with Crippen LogP contribution in [0, 0.1) is 27.7 Å². The Morgan fingerprint density at radius 3 is 2.39 bits per heavy atom. The Hall–Kier alpha value is -1.94. The summed E-state index contributed by atoms with van der Waals surface area (Å²) in [4.78, 5) is 8.61. The highest BCUT2D eigenvalue weighted by Crippen LogP contribution is 2.26. The largest absolute Gasteiger partial charge is 0.292 e. The Morgan fingerprint density at radius 1 is 1.00 bits per heavy atom. The van der Waals surface area contributed by atoms with Gasteiger partial charge in [0.1, 0.15) is 0 Å². The normalized spacial score (nSPS) is 10.5. The first-order valence-electron chi connectivity index (χ1n) is 5.92. The van der Waals surface area contributed by atoms with E-state index < -0.39 is 0 Å². The van der Waals surface area contributed by atoms with E-state index in [2.05, 4.69) is 48.3 Å². The molecule has 4 nitrogen and oxygen atoms in total. The number of aromatic nitrogens is 2. The number of anilines is 1. The average Bonchev–Trinajstić information content (AvgIpc) is 2.35. The lowest BCUT2D eigenvalue weighted by Gasteiger charge is -2.12. The number of hydrogen-bond acceptors (Lipinski definition) is 4. The minimum atomic E-state index is 0.447. The molecule has 94 valence electrons.